The van der Waals surface area contributed by atoms with Gasteiger partial charge in [0.1, 0.15) is 6.61 Å². The zero-order valence-electron chi connectivity index (χ0n) is 15.2. The van der Waals surface area contributed by atoms with E-state index in [1.165, 1.54) is 22.3 Å². The van der Waals surface area contributed by atoms with E-state index in [-0.39, 0.29) is 18.1 Å². The topological polar surface area (TPSA) is 87.7 Å². The van der Waals surface area contributed by atoms with Crippen molar-refractivity contribution in [2.45, 2.75) is 18.1 Å². The van der Waals surface area contributed by atoms with Crippen LogP contribution >= 0.6 is 0 Å². The Kier molecular flexibility index (Phi) is 6.07. The summed E-state index contributed by atoms with van der Waals surface area (Å²) >= 11 is 0. The molecule has 0 unspecified atom stereocenters. The van der Waals surface area contributed by atoms with E-state index in [9.17, 15) is 18.0 Å². The third-order valence-corrected chi connectivity index (χ3v) is 4.69. The monoisotopic (exact) mass is 408 g/mol. The van der Waals surface area contributed by atoms with Gasteiger partial charge in [-0.25, -0.2) is 9.59 Å². The number of carboxylic acids is 1. The number of alkyl halides is 3. The average molecular weight is 408 g/mol. The van der Waals surface area contributed by atoms with Crippen LogP contribution in [0.3, 0.4) is 0 Å². The van der Waals surface area contributed by atoms with Crippen LogP contribution in [-0.4, -0.2) is 49.1 Å². The largest absolute Gasteiger partial charge is 0.490 e. The van der Waals surface area contributed by atoms with Crippen LogP contribution in [0.4, 0.5) is 18.0 Å². The van der Waals surface area contributed by atoms with Crippen LogP contribution in [0.5, 0.6) is 0 Å². The van der Waals surface area contributed by atoms with Crippen LogP contribution in [0.1, 0.15) is 17.0 Å². The van der Waals surface area contributed by atoms with Crippen molar-refractivity contribution in [3.8, 4) is 11.1 Å². The molecule has 9 heteroatoms. The molecule has 0 radical (unpaired) electrons. The van der Waals surface area contributed by atoms with Crippen LogP contribution in [0, 0.1) is 0 Å². The van der Waals surface area contributed by atoms with Gasteiger partial charge >= 0.3 is 18.2 Å². The average Bonchev–Trinajstić information content (AvgIpc) is 2.97. The molecule has 1 amide bonds. The molecule has 0 spiro atoms. The first-order valence-electron chi connectivity index (χ1n) is 8.89. The summed E-state index contributed by atoms with van der Waals surface area (Å²) in [6.07, 6.45) is -5.41. The van der Waals surface area contributed by atoms with Crippen LogP contribution in [0.2, 0.25) is 0 Å². The Hall–Kier alpha value is -3.07. The maximum Gasteiger partial charge on any atom is 0.490 e. The number of nitrogens with one attached hydrogen (secondary N) is 2. The van der Waals surface area contributed by atoms with Crippen molar-refractivity contribution in [3.05, 3.63) is 59.7 Å². The van der Waals surface area contributed by atoms with E-state index in [1.54, 1.807) is 0 Å². The summed E-state index contributed by atoms with van der Waals surface area (Å²) < 4.78 is 37.2. The molecule has 2 aromatic carbocycles. The second kappa shape index (κ2) is 8.52. The molecule has 6 nitrogen and oxygen atoms in total. The lowest BCUT2D eigenvalue weighted by molar-refractivity contribution is -0.192. The molecular weight excluding hydrogens is 389 g/mol. The molecule has 2 aromatic rings. The minimum atomic E-state index is -5.08. The highest BCUT2D eigenvalue weighted by Crippen LogP contribution is 2.44. The Balaban J connectivity index is 0.000000298. The van der Waals surface area contributed by atoms with Gasteiger partial charge in [0.05, 0.1) is 6.04 Å². The summed E-state index contributed by atoms with van der Waals surface area (Å²) in [5.74, 6) is -2.63. The van der Waals surface area contributed by atoms with Gasteiger partial charge in [0.15, 0.2) is 0 Å². The molecule has 0 aromatic heterocycles. The SMILES string of the molecule is O=C(NC1CNC1)OCC1c2ccccc2-c2ccccc21.O=C(O)C(F)(F)F. The number of carbonyl (C=O) groups is 2. The predicted molar refractivity (Wildman–Crippen MR) is 98.6 cm³/mol. The lowest BCUT2D eigenvalue weighted by Crippen LogP contribution is -2.57. The minimum absolute atomic E-state index is 0.123. The van der Waals surface area contributed by atoms with E-state index in [2.05, 4.69) is 47.0 Å². The summed E-state index contributed by atoms with van der Waals surface area (Å²) in [4.78, 5) is 20.8. The fourth-order valence-electron chi connectivity index (χ4n) is 3.20. The second-order valence-corrected chi connectivity index (χ2v) is 6.63. The van der Waals surface area contributed by atoms with Crippen molar-refractivity contribution in [1.82, 2.24) is 10.6 Å². The highest BCUT2D eigenvalue weighted by molar-refractivity contribution is 5.79. The Labute approximate surface area is 164 Å². The molecule has 154 valence electrons. The molecule has 0 saturated carbocycles. The summed E-state index contributed by atoms with van der Waals surface area (Å²) in [6.45, 7) is 2.02. The third-order valence-electron chi connectivity index (χ3n) is 4.69. The molecule has 1 aliphatic heterocycles. The molecule has 1 saturated heterocycles. The summed E-state index contributed by atoms with van der Waals surface area (Å²) in [5, 5.41) is 13.1. The zero-order valence-corrected chi connectivity index (χ0v) is 15.2. The third kappa shape index (κ3) is 4.86. The van der Waals surface area contributed by atoms with Crippen LogP contribution < -0.4 is 10.6 Å². The number of benzene rings is 2. The first-order chi connectivity index (χ1) is 13.8. The van der Waals surface area contributed by atoms with Gasteiger partial charge in [-0.2, -0.15) is 13.2 Å². The van der Waals surface area contributed by atoms with Gasteiger partial charge in [-0.05, 0) is 22.3 Å². The lowest BCUT2D eigenvalue weighted by Gasteiger charge is -2.27. The Morgan fingerprint density at radius 1 is 1.03 bits per heavy atom. The lowest BCUT2D eigenvalue weighted by atomic mass is 9.98. The van der Waals surface area contributed by atoms with E-state index in [0.717, 1.165) is 13.1 Å². The van der Waals surface area contributed by atoms with Crippen LogP contribution in [0.25, 0.3) is 11.1 Å². The summed E-state index contributed by atoms with van der Waals surface area (Å²) in [6, 6.07) is 16.9. The predicted octanol–water partition coefficient (Wildman–Crippen LogP) is 3.13. The molecule has 2 aliphatic rings. The van der Waals surface area contributed by atoms with Gasteiger partial charge in [-0.1, -0.05) is 48.5 Å². The number of hydrogen-bond acceptors (Lipinski definition) is 4. The highest BCUT2D eigenvalue weighted by atomic mass is 19.4. The van der Waals surface area contributed by atoms with Gasteiger partial charge in [-0.3, -0.25) is 0 Å². The minimum Gasteiger partial charge on any atom is -0.475 e. The van der Waals surface area contributed by atoms with Gasteiger partial charge in [0.2, 0.25) is 0 Å². The van der Waals surface area contributed by atoms with Crippen LogP contribution in [0.15, 0.2) is 48.5 Å². The Morgan fingerprint density at radius 3 is 1.93 bits per heavy atom. The number of carboxylic acid groups (broad SMARTS) is 1. The molecule has 0 bridgehead atoms. The maximum atomic E-state index is 11.9. The molecule has 3 N–H and O–H groups in total. The van der Waals surface area contributed by atoms with E-state index >= 15 is 0 Å². The van der Waals surface area contributed by atoms with Crippen molar-refractivity contribution in [3.63, 3.8) is 0 Å². The Bertz CT molecular complexity index is 852. The number of halogens is 3. The van der Waals surface area contributed by atoms with Crippen molar-refractivity contribution in [2.75, 3.05) is 19.7 Å². The van der Waals surface area contributed by atoms with E-state index in [1.807, 2.05) is 12.1 Å². The second-order valence-electron chi connectivity index (χ2n) is 6.63. The normalized spacial score (nSPS) is 15.3. The molecule has 0 atom stereocenters. The first kappa shape index (κ1) is 20.7. The van der Waals surface area contributed by atoms with E-state index in [0.29, 0.717) is 6.61 Å². The number of carbonyl (C=O) groups excluding carboxylic acids is 1. The maximum absolute atomic E-state index is 11.9. The summed E-state index contributed by atoms with van der Waals surface area (Å²) in [7, 11) is 0. The molecular formula is C20H19F3N2O4. The van der Waals surface area contributed by atoms with Gasteiger partial charge in [-0.15, -0.1) is 0 Å². The molecule has 1 aliphatic carbocycles. The first-order valence-corrected chi connectivity index (χ1v) is 8.89. The fraction of sp³-hybridized carbons (Fsp3) is 0.300. The standard InChI is InChI=1S/C18H18N2O2.C2HF3O2/c21-18(20-12-9-19-10-12)22-11-17-15-7-3-1-5-13(15)14-6-2-4-8-16(14)17;3-2(4,5)1(6)7/h1-8,12,17,19H,9-11H2,(H,20,21);(H,6,7). The van der Waals surface area contributed by atoms with Crippen molar-refractivity contribution >= 4 is 12.1 Å². The van der Waals surface area contributed by atoms with Gasteiger partial charge < -0.3 is 20.5 Å². The number of fused-ring (bicyclic) bond motifs is 3. The quantitative estimate of drug-likeness (QED) is 0.727. The molecule has 4 rings (SSSR count). The van der Waals surface area contributed by atoms with Gasteiger partial charge in [0.25, 0.3) is 0 Å². The fourth-order valence-corrected chi connectivity index (χ4v) is 3.20. The number of alkyl carbamates (subject to hydrolysis) is 1. The molecule has 1 fully saturated rings. The molecule has 1 heterocycles. The number of rotatable bonds is 3. The number of ether oxygens (including phenoxy) is 1. The van der Waals surface area contributed by atoms with E-state index < -0.39 is 12.1 Å². The van der Waals surface area contributed by atoms with Gasteiger partial charge in [0, 0.05) is 19.0 Å². The van der Waals surface area contributed by atoms with E-state index in [4.69, 9.17) is 14.6 Å². The molecule has 29 heavy (non-hydrogen) atoms. The summed E-state index contributed by atoms with van der Waals surface area (Å²) in [5.41, 5.74) is 4.97. The van der Waals surface area contributed by atoms with Crippen molar-refractivity contribution in [2.24, 2.45) is 0 Å². The van der Waals surface area contributed by atoms with Crippen LogP contribution in [-0.2, 0) is 9.53 Å². The van der Waals surface area contributed by atoms with Crippen molar-refractivity contribution < 1.29 is 32.6 Å². The Morgan fingerprint density at radius 2 is 1.52 bits per heavy atom. The smallest absolute Gasteiger partial charge is 0.475 e. The van der Waals surface area contributed by atoms with Crippen molar-refractivity contribution in [1.29, 1.82) is 0 Å². The number of hydrogen-bond donors (Lipinski definition) is 3. The zero-order chi connectivity index (χ0) is 21.0. The highest BCUT2D eigenvalue weighted by Gasteiger charge is 2.38. The number of aliphatic carboxylic acids is 1. The number of amides is 1.